The van der Waals surface area contributed by atoms with E-state index >= 15 is 0 Å². The van der Waals surface area contributed by atoms with Crippen molar-refractivity contribution in [2.24, 2.45) is 11.8 Å². The van der Waals surface area contributed by atoms with Gasteiger partial charge in [0.15, 0.2) is 11.5 Å². The van der Waals surface area contributed by atoms with Gasteiger partial charge in [0.2, 0.25) is 0 Å². The highest BCUT2D eigenvalue weighted by atomic mass is 28.3. The molecule has 0 amide bonds. The first-order valence-corrected chi connectivity index (χ1v) is 15.1. The topological polar surface area (TPSA) is 85.6 Å². The quantitative estimate of drug-likeness (QED) is 0.264. The van der Waals surface area contributed by atoms with Crippen LogP contribution in [-0.4, -0.2) is 39.7 Å². The Hall–Kier alpha value is -2.47. The van der Waals surface area contributed by atoms with E-state index in [-0.39, 0.29) is 43.2 Å². The standard InChI is InChI=1S/C24H31F2NO5Si/c1-33(2,3)11-10-30-22(29)18-13-24(15-27,9-8-19(18)28)17-6-7-20(32-23(25)26)21(12-17)31-14-16-4-5-16/h6-7,12,16,18,23H,4-5,8-11,13-14H2,1-3H3. The van der Waals surface area contributed by atoms with E-state index in [0.717, 1.165) is 18.9 Å². The lowest BCUT2D eigenvalue weighted by Gasteiger charge is -2.34. The maximum absolute atomic E-state index is 12.9. The van der Waals surface area contributed by atoms with Crippen molar-refractivity contribution in [2.45, 2.75) is 69.8 Å². The second-order valence-corrected chi connectivity index (χ2v) is 15.8. The summed E-state index contributed by atoms with van der Waals surface area (Å²) in [6.45, 7) is 4.13. The van der Waals surface area contributed by atoms with E-state index in [2.05, 4.69) is 30.4 Å². The Kier molecular flexibility index (Phi) is 7.78. The SMILES string of the molecule is C[Si](C)(C)CCOC(=O)C1CC(C#N)(c2ccc(OC(F)F)c(OCC3CC3)c2)CCC1=O. The number of halogens is 2. The molecule has 0 spiro atoms. The first kappa shape index (κ1) is 25.2. The van der Waals surface area contributed by atoms with Crippen LogP contribution in [0.25, 0.3) is 0 Å². The lowest BCUT2D eigenvalue weighted by molar-refractivity contribution is -0.153. The minimum atomic E-state index is -3.01. The summed E-state index contributed by atoms with van der Waals surface area (Å²) in [7, 11) is -1.41. The second-order valence-electron chi connectivity index (χ2n) is 10.2. The summed E-state index contributed by atoms with van der Waals surface area (Å²) in [4.78, 5) is 25.2. The van der Waals surface area contributed by atoms with Gasteiger partial charge in [0, 0.05) is 14.5 Å². The van der Waals surface area contributed by atoms with Crippen molar-refractivity contribution in [3.8, 4) is 17.6 Å². The third-order valence-corrected chi connectivity index (χ3v) is 7.92. The van der Waals surface area contributed by atoms with Crippen LogP contribution < -0.4 is 9.47 Å². The van der Waals surface area contributed by atoms with Gasteiger partial charge in [-0.25, -0.2) is 0 Å². The van der Waals surface area contributed by atoms with Gasteiger partial charge in [-0.1, -0.05) is 25.7 Å². The molecule has 0 heterocycles. The maximum atomic E-state index is 12.9. The third-order valence-electron chi connectivity index (χ3n) is 6.22. The van der Waals surface area contributed by atoms with E-state index in [1.54, 1.807) is 0 Å². The number of esters is 1. The molecule has 2 unspecified atom stereocenters. The van der Waals surface area contributed by atoms with Crippen molar-refractivity contribution < 1.29 is 32.6 Å². The predicted molar refractivity (Wildman–Crippen MR) is 120 cm³/mol. The average Bonchev–Trinajstić information content (AvgIpc) is 3.57. The van der Waals surface area contributed by atoms with Crippen molar-refractivity contribution in [1.82, 2.24) is 0 Å². The van der Waals surface area contributed by atoms with Crippen LogP contribution in [0.2, 0.25) is 25.7 Å². The molecule has 180 valence electrons. The van der Waals surface area contributed by atoms with E-state index in [9.17, 15) is 23.6 Å². The number of carbonyl (C=O) groups excluding carboxylic acids is 2. The number of rotatable bonds is 10. The Balaban J connectivity index is 1.81. The Labute approximate surface area is 194 Å². The van der Waals surface area contributed by atoms with Crippen LogP contribution in [0.4, 0.5) is 8.78 Å². The number of carbonyl (C=O) groups is 2. The van der Waals surface area contributed by atoms with Crippen molar-refractivity contribution in [2.75, 3.05) is 13.2 Å². The van der Waals surface area contributed by atoms with E-state index in [4.69, 9.17) is 9.47 Å². The van der Waals surface area contributed by atoms with Crippen LogP contribution in [0, 0.1) is 23.2 Å². The highest BCUT2D eigenvalue weighted by Crippen LogP contribution is 2.44. The summed E-state index contributed by atoms with van der Waals surface area (Å²) in [6.07, 6.45) is 2.34. The second kappa shape index (κ2) is 10.2. The van der Waals surface area contributed by atoms with Crippen LogP contribution in [0.1, 0.15) is 37.7 Å². The first-order valence-electron chi connectivity index (χ1n) is 11.4. The number of hydrogen-bond donors (Lipinski definition) is 0. The van der Waals surface area contributed by atoms with Gasteiger partial charge in [0.05, 0.1) is 24.7 Å². The molecule has 2 saturated carbocycles. The van der Waals surface area contributed by atoms with Gasteiger partial charge in [0.1, 0.15) is 11.7 Å². The minimum absolute atomic E-state index is 0.00870. The fourth-order valence-electron chi connectivity index (χ4n) is 3.88. The highest BCUT2D eigenvalue weighted by Gasteiger charge is 2.46. The van der Waals surface area contributed by atoms with Gasteiger partial charge in [0.25, 0.3) is 0 Å². The lowest BCUT2D eigenvalue weighted by Crippen LogP contribution is -2.41. The molecule has 0 saturated heterocycles. The molecule has 9 heteroatoms. The number of nitrogens with zero attached hydrogens (tertiary/aromatic N) is 1. The number of hydrogen-bond acceptors (Lipinski definition) is 6. The van der Waals surface area contributed by atoms with Crippen LogP contribution in [0.15, 0.2) is 18.2 Å². The molecule has 3 rings (SSSR count). The van der Waals surface area contributed by atoms with Crippen molar-refractivity contribution in [1.29, 1.82) is 5.26 Å². The first-order chi connectivity index (χ1) is 15.5. The molecule has 0 N–H and O–H groups in total. The summed E-state index contributed by atoms with van der Waals surface area (Å²) < 4.78 is 41.4. The molecule has 2 fully saturated rings. The van der Waals surface area contributed by atoms with E-state index in [1.807, 2.05) is 0 Å². The zero-order chi connectivity index (χ0) is 24.2. The van der Waals surface area contributed by atoms with Crippen LogP contribution in [-0.2, 0) is 19.7 Å². The number of nitriles is 1. The van der Waals surface area contributed by atoms with Gasteiger partial charge >= 0.3 is 12.6 Å². The molecule has 1 aromatic rings. The summed E-state index contributed by atoms with van der Waals surface area (Å²) >= 11 is 0. The van der Waals surface area contributed by atoms with E-state index < -0.39 is 32.0 Å². The smallest absolute Gasteiger partial charge is 0.387 e. The number of alkyl halides is 2. The highest BCUT2D eigenvalue weighted by molar-refractivity contribution is 6.76. The summed E-state index contributed by atoms with van der Waals surface area (Å²) in [5, 5.41) is 10.1. The number of Topliss-reactive ketones (excluding diaryl/α,β-unsaturated/α-hetero) is 1. The molecule has 1 aromatic carbocycles. The van der Waals surface area contributed by atoms with Gasteiger partial charge < -0.3 is 14.2 Å². The fraction of sp³-hybridized carbons (Fsp3) is 0.625. The molecular weight excluding hydrogens is 448 g/mol. The normalized spacial score (nSPS) is 23.2. The third kappa shape index (κ3) is 6.76. The van der Waals surface area contributed by atoms with Gasteiger partial charge in [-0.2, -0.15) is 14.0 Å². The number of benzene rings is 1. The molecule has 2 aliphatic rings. The Morgan fingerprint density at radius 3 is 2.61 bits per heavy atom. The van der Waals surface area contributed by atoms with Crippen molar-refractivity contribution in [3.05, 3.63) is 23.8 Å². The summed E-state index contributed by atoms with van der Waals surface area (Å²) in [6, 6.07) is 7.51. The molecule has 0 bridgehead atoms. The van der Waals surface area contributed by atoms with E-state index in [1.165, 1.54) is 18.2 Å². The van der Waals surface area contributed by atoms with E-state index in [0.29, 0.717) is 18.1 Å². The fourth-order valence-corrected chi connectivity index (χ4v) is 4.60. The summed E-state index contributed by atoms with van der Waals surface area (Å²) in [5.74, 6) is -1.42. The molecule has 2 atom stereocenters. The summed E-state index contributed by atoms with van der Waals surface area (Å²) in [5.41, 5.74) is -0.609. The van der Waals surface area contributed by atoms with Crippen molar-refractivity contribution in [3.63, 3.8) is 0 Å². The average molecular weight is 480 g/mol. The lowest BCUT2D eigenvalue weighted by atomic mass is 9.66. The zero-order valence-corrected chi connectivity index (χ0v) is 20.4. The largest absolute Gasteiger partial charge is 0.489 e. The molecule has 2 aliphatic carbocycles. The van der Waals surface area contributed by atoms with Crippen LogP contribution >= 0.6 is 0 Å². The Morgan fingerprint density at radius 2 is 2.00 bits per heavy atom. The van der Waals surface area contributed by atoms with Gasteiger partial charge in [-0.05, 0) is 55.3 Å². The van der Waals surface area contributed by atoms with Crippen molar-refractivity contribution >= 4 is 19.8 Å². The molecule has 0 aliphatic heterocycles. The monoisotopic (exact) mass is 479 g/mol. The van der Waals surface area contributed by atoms with Crippen LogP contribution in [0.3, 0.4) is 0 Å². The number of ether oxygens (including phenoxy) is 3. The minimum Gasteiger partial charge on any atom is -0.489 e. The van der Waals surface area contributed by atoms with Crippen LogP contribution in [0.5, 0.6) is 11.5 Å². The molecule has 33 heavy (non-hydrogen) atoms. The Morgan fingerprint density at radius 1 is 1.27 bits per heavy atom. The molecule has 6 nitrogen and oxygen atoms in total. The molecule has 0 radical (unpaired) electrons. The molecule has 0 aromatic heterocycles. The zero-order valence-electron chi connectivity index (χ0n) is 19.4. The van der Waals surface area contributed by atoms with Gasteiger partial charge in [-0.3, -0.25) is 9.59 Å². The maximum Gasteiger partial charge on any atom is 0.387 e. The molecular formula is C24H31F2NO5Si. The Bertz CT molecular complexity index is 922. The van der Waals surface area contributed by atoms with Gasteiger partial charge in [-0.15, -0.1) is 0 Å². The predicted octanol–water partition coefficient (Wildman–Crippen LogP) is 5.09. The number of ketones is 1.